The number of benzene rings is 2. The lowest BCUT2D eigenvalue weighted by Gasteiger charge is -2.13. The van der Waals surface area contributed by atoms with Gasteiger partial charge in [0.15, 0.2) is 15.8 Å². The highest BCUT2D eigenvalue weighted by Crippen LogP contribution is 2.41. The van der Waals surface area contributed by atoms with Gasteiger partial charge in [-0.1, -0.05) is 30.3 Å². The molecule has 1 saturated carbocycles. The third kappa shape index (κ3) is 4.66. The van der Waals surface area contributed by atoms with Gasteiger partial charge < -0.3 is 10.6 Å². The van der Waals surface area contributed by atoms with Gasteiger partial charge in [0, 0.05) is 31.8 Å². The molecule has 1 aliphatic carbocycles. The quantitative estimate of drug-likeness (QED) is 0.609. The molecule has 0 bridgehead atoms. The first-order valence-electron chi connectivity index (χ1n) is 8.81. The molecule has 2 N–H and O–H groups in total. The summed E-state index contributed by atoms with van der Waals surface area (Å²) in [6, 6.07) is 12.3. The van der Waals surface area contributed by atoms with Crippen LogP contribution in [0.15, 0.2) is 52.4 Å². The molecule has 1 aliphatic rings. The maximum atomic E-state index is 13.9. The summed E-state index contributed by atoms with van der Waals surface area (Å²) < 4.78 is 37.3. The van der Waals surface area contributed by atoms with Crippen molar-refractivity contribution in [1.82, 2.24) is 10.6 Å². The predicted molar refractivity (Wildman–Crippen MR) is 105 cm³/mol. The van der Waals surface area contributed by atoms with E-state index in [0.717, 1.165) is 23.1 Å². The minimum atomic E-state index is -3.22. The van der Waals surface area contributed by atoms with Gasteiger partial charge in [-0.05, 0) is 42.2 Å². The van der Waals surface area contributed by atoms with Gasteiger partial charge in [-0.2, -0.15) is 0 Å². The van der Waals surface area contributed by atoms with E-state index in [2.05, 4.69) is 15.6 Å². The minimum absolute atomic E-state index is 0.154. The number of aliphatic imine (C=N–C) groups is 1. The summed E-state index contributed by atoms with van der Waals surface area (Å²) in [5.74, 6) is 0.626. The van der Waals surface area contributed by atoms with E-state index in [-0.39, 0.29) is 17.8 Å². The van der Waals surface area contributed by atoms with Crippen LogP contribution in [0.3, 0.4) is 0 Å². The molecule has 1 fully saturated rings. The summed E-state index contributed by atoms with van der Waals surface area (Å²) in [6.07, 6.45) is 2.07. The van der Waals surface area contributed by atoms with Crippen LogP contribution in [0.1, 0.15) is 29.0 Å². The first kappa shape index (κ1) is 19.4. The van der Waals surface area contributed by atoms with Gasteiger partial charge in [0.25, 0.3) is 0 Å². The second-order valence-corrected chi connectivity index (χ2v) is 8.90. The molecule has 144 valence electrons. The Morgan fingerprint density at radius 3 is 2.63 bits per heavy atom. The fourth-order valence-corrected chi connectivity index (χ4v) is 4.23. The van der Waals surface area contributed by atoms with Crippen LogP contribution in [0.25, 0.3) is 0 Å². The normalized spacial score (nSPS) is 19.6. The van der Waals surface area contributed by atoms with Gasteiger partial charge in [-0.3, -0.25) is 4.99 Å². The van der Waals surface area contributed by atoms with Crippen molar-refractivity contribution in [1.29, 1.82) is 0 Å². The Labute approximate surface area is 159 Å². The molecule has 5 nitrogen and oxygen atoms in total. The van der Waals surface area contributed by atoms with Crippen molar-refractivity contribution in [3.05, 3.63) is 65.0 Å². The number of aryl methyl sites for hydroxylation is 1. The molecule has 7 heteroatoms. The van der Waals surface area contributed by atoms with Gasteiger partial charge >= 0.3 is 0 Å². The zero-order valence-corrected chi connectivity index (χ0v) is 16.5. The molecule has 3 rings (SSSR count). The Hall–Kier alpha value is -2.41. The second kappa shape index (κ2) is 7.68. The van der Waals surface area contributed by atoms with E-state index in [1.165, 1.54) is 12.3 Å². The zero-order chi connectivity index (χ0) is 19.6. The van der Waals surface area contributed by atoms with Crippen LogP contribution in [-0.2, 0) is 16.4 Å². The van der Waals surface area contributed by atoms with E-state index in [9.17, 15) is 12.8 Å². The fourth-order valence-electron chi connectivity index (χ4n) is 3.27. The largest absolute Gasteiger partial charge is 0.353 e. The van der Waals surface area contributed by atoms with Crippen LogP contribution in [0.4, 0.5) is 4.39 Å². The van der Waals surface area contributed by atoms with Crippen molar-refractivity contribution in [3.63, 3.8) is 0 Å². The highest BCUT2D eigenvalue weighted by molar-refractivity contribution is 7.90. The van der Waals surface area contributed by atoms with Crippen molar-refractivity contribution in [2.75, 3.05) is 13.3 Å². The summed E-state index contributed by atoms with van der Waals surface area (Å²) in [6.45, 7) is 2.30. The smallest absolute Gasteiger partial charge is 0.191 e. The van der Waals surface area contributed by atoms with Gasteiger partial charge in [0.1, 0.15) is 5.82 Å². The van der Waals surface area contributed by atoms with Crippen LogP contribution in [0, 0.1) is 12.7 Å². The van der Waals surface area contributed by atoms with Gasteiger partial charge in [-0.15, -0.1) is 0 Å². The lowest BCUT2D eigenvalue weighted by atomic mass is 10.1. The van der Waals surface area contributed by atoms with Crippen LogP contribution in [0.2, 0.25) is 0 Å². The first-order chi connectivity index (χ1) is 12.8. The molecule has 0 spiro atoms. The lowest BCUT2D eigenvalue weighted by Crippen LogP contribution is -2.38. The van der Waals surface area contributed by atoms with Crippen molar-refractivity contribution >= 4 is 15.8 Å². The van der Waals surface area contributed by atoms with Gasteiger partial charge in [0.2, 0.25) is 0 Å². The van der Waals surface area contributed by atoms with Crippen LogP contribution in [-0.4, -0.2) is 33.7 Å². The minimum Gasteiger partial charge on any atom is -0.353 e. The van der Waals surface area contributed by atoms with Crippen LogP contribution in [0.5, 0.6) is 0 Å². The molecule has 2 aromatic rings. The maximum Gasteiger partial charge on any atom is 0.191 e. The molecule has 27 heavy (non-hydrogen) atoms. The molecular formula is C20H24FN3O2S. The molecule has 2 atom stereocenters. The number of hydrogen-bond acceptors (Lipinski definition) is 3. The van der Waals surface area contributed by atoms with E-state index < -0.39 is 9.84 Å². The Kier molecular flexibility index (Phi) is 5.51. The van der Waals surface area contributed by atoms with E-state index >= 15 is 0 Å². The molecule has 0 heterocycles. The van der Waals surface area contributed by atoms with Gasteiger partial charge in [-0.25, -0.2) is 12.8 Å². The SMILES string of the molecule is CN=C(NCc1ccc(S(C)(=O)=O)c(C)c1)NC1CC1c1ccccc1F. The number of guanidine groups is 1. The molecule has 0 saturated heterocycles. The first-order valence-corrected chi connectivity index (χ1v) is 10.7. The van der Waals surface area contributed by atoms with E-state index in [4.69, 9.17) is 0 Å². The molecular weight excluding hydrogens is 365 g/mol. The van der Waals surface area contributed by atoms with Crippen molar-refractivity contribution in [3.8, 4) is 0 Å². The Morgan fingerprint density at radius 2 is 2.00 bits per heavy atom. The van der Waals surface area contributed by atoms with E-state index in [0.29, 0.717) is 17.4 Å². The number of nitrogens with one attached hydrogen (secondary N) is 2. The van der Waals surface area contributed by atoms with Gasteiger partial charge in [0.05, 0.1) is 4.90 Å². The number of sulfone groups is 1. The molecule has 0 aromatic heterocycles. The highest BCUT2D eigenvalue weighted by atomic mass is 32.2. The third-order valence-electron chi connectivity index (χ3n) is 4.74. The third-order valence-corrected chi connectivity index (χ3v) is 6.00. The zero-order valence-electron chi connectivity index (χ0n) is 15.7. The summed E-state index contributed by atoms with van der Waals surface area (Å²) in [5.41, 5.74) is 2.42. The summed E-state index contributed by atoms with van der Waals surface area (Å²) in [4.78, 5) is 4.56. The fraction of sp³-hybridized carbons (Fsp3) is 0.350. The second-order valence-electron chi connectivity index (χ2n) is 6.91. The average Bonchev–Trinajstić information content (AvgIpc) is 3.36. The average molecular weight is 389 g/mol. The monoisotopic (exact) mass is 389 g/mol. The Bertz CT molecular complexity index is 973. The molecule has 0 amide bonds. The topological polar surface area (TPSA) is 70.6 Å². The molecule has 0 radical (unpaired) electrons. The number of hydrogen-bond donors (Lipinski definition) is 2. The van der Waals surface area contributed by atoms with E-state index in [1.807, 2.05) is 18.2 Å². The van der Waals surface area contributed by atoms with E-state index in [1.54, 1.807) is 32.2 Å². The molecule has 0 aliphatic heterocycles. The highest BCUT2D eigenvalue weighted by Gasteiger charge is 2.40. The number of halogens is 1. The standard InChI is InChI=1S/C20H24FN3O2S/c1-13-10-14(8-9-19(13)27(3,25)26)12-23-20(22-2)24-18-11-16(18)15-6-4-5-7-17(15)21/h4-10,16,18H,11-12H2,1-3H3,(H2,22,23,24). The summed E-state index contributed by atoms with van der Waals surface area (Å²) >= 11 is 0. The van der Waals surface area contributed by atoms with Crippen molar-refractivity contribution in [2.24, 2.45) is 4.99 Å². The molecule has 2 aromatic carbocycles. The van der Waals surface area contributed by atoms with Crippen molar-refractivity contribution in [2.45, 2.75) is 36.7 Å². The maximum absolute atomic E-state index is 13.9. The number of rotatable bonds is 5. The molecule has 2 unspecified atom stereocenters. The van der Waals surface area contributed by atoms with Crippen LogP contribution < -0.4 is 10.6 Å². The Morgan fingerprint density at radius 1 is 1.26 bits per heavy atom. The Balaban J connectivity index is 1.58. The number of nitrogens with zero attached hydrogens (tertiary/aromatic N) is 1. The lowest BCUT2D eigenvalue weighted by molar-refractivity contribution is 0.601. The summed E-state index contributed by atoms with van der Waals surface area (Å²) in [5, 5.41) is 6.54. The predicted octanol–water partition coefficient (Wildman–Crippen LogP) is 2.76. The van der Waals surface area contributed by atoms with Crippen molar-refractivity contribution < 1.29 is 12.8 Å². The summed E-state index contributed by atoms with van der Waals surface area (Å²) in [7, 11) is -1.53. The van der Waals surface area contributed by atoms with Crippen LogP contribution >= 0.6 is 0 Å².